The van der Waals surface area contributed by atoms with Gasteiger partial charge in [-0.3, -0.25) is 20.2 Å². The van der Waals surface area contributed by atoms with E-state index in [0.717, 1.165) is 15.7 Å². The summed E-state index contributed by atoms with van der Waals surface area (Å²) in [6.07, 6.45) is 3.15. The van der Waals surface area contributed by atoms with Gasteiger partial charge in [0.25, 0.3) is 0 Å². The molecule has 0 fully saturated rings. The molecule has 0 radical (unpaired) electrons. The number of aromatic nitrogens is 4. The summed E-state index contributed by atoms with van der Waals surface area (Å²) < 4.78 is 1.41. The van der Waals surface area contributed by atoms with Gasteiger partial charge >= 0.3 is 0 Å². The molecule has 2 N–H and O–H groups in total. The van der Waals surface area contributed by atoms with E-state index in [0.29, 0.717) is 14.6 Å². The van der Waals surface area contributed by atoms with Crippen LogP contribution in [0.5, 0.6) is 0 Å². The van der Waals surface area contributed by atoms with Gasteiger partial charge in [-0.2, -0.15) is 0 Å². The van der Waals surface area contributed by atoms with E-state index < -0.39 is 0 Å². The standard InChI is InChI=1S/C17H16N6O2S4/c1-2-26-16-22-21-15(28-16)19-13(25)10-27-17-23-20-14(29-17)18-12(24)9-8-11-6-4-3-5-7-11/h3-9H,2,10H2,1H3,(H,18,20,24)(H,19,21,25)/b9-8+. The number of nitrogens with one attached hydrogen (secondary N) is 2. The summed E-state index contributed by atoms with van der Waals surface area (Å²) >= 11 is 5.36. The van der Waals surface area contributed by atoms with Gasteiger partial charge in [-0.25, -0.2) is 0 Å². The van der Waals surface area contributed by atoms with Crippen LogP contribution in [0.15, 0.2) is 45.1 Å². The first kappa shape index (κ1) is 21.4. The zero-order chi connectivity index (χ0) is 20.5. The quantitative estimate of drug-likeness (QED) is 0.279. The molecule has 0 bridgehead atoms. The van der Waals surface area contributed by atoms with Gasteiger partial charge in [0.1, 0.15) is 0 Å². The number of hydrogen-bond donors (Lipinski definition) is 2. The molecular formula is C17H16N6O2S4. The third-order valence-corrected chi connectivity index (χ3v) is 6.94. The number of carbonyl (C=O) groups is 2. The molecule has 0 saturated heterocycles. The van der Waals surface area contributed by atoms with E-state index in [-0.39, 0.29) is 17.6 Å². The normalized spacial score (nSPS) is 10.9. The molecule has 1 aromatic carbocycles. The number of amides is 2. The lowest BCUT2D eigenvalue weighted by atomic mass is 10.2. The van der Waals surface area contributed by atoms with E-state index in [1.54, 1.807) is 17.8 Å². The van der Waals surface area contributed by atoms with E-state index >= 15 is 0 Å². The fourth-order valence-corrected chi connectivity index (χ4v) is 5.15. The van der Waals surface area contributed by atoms with Crippen LogP contribution < -0.4 is 10.6 Å². The van der Waals surface area contributed by atoms with E-state index in [4.69, 9.17) is 0 Å². The summed E-state index contributed by atoms with van der Waals surface area (Å²) in [5.74, 6) is 0.560. The van der Waals surface area contributed by atoms with Crippen LogP contribution in [0.4, 0.5) is 10.3 Å². The van der Waals surface area contributed by atoms with E-state index in [2.05, 4.69) is 31.0 Å². The minimum absolute atomic E-state index is 0.159. The molecule has 0 aliphatic carbocycles. The number of thioether (sulfide) groups is 2. The van der Waals surface area contributed by atoms with Crippen LogP contribution in [0.1, 0.15) is 12.5 Å². The first-order valence-electron chi connectivity index (χ1n) is 8.39. The summed E-state index contributed by atoms with van der Waals surface area (Å²) in [6.45, 7) is 2.03. The number of anilines is 2. The van der Waals surface area contributed by atoms with E-state index in [1.165, 1.54) is 40.5 Å². The number of benzene rings is 1. The van der Waals surface area contributed by atoms with Gasteiger partial charge < -0.3 is 0 Å². The van der Waals surface area contributed by atoms with Crippen molar-refractivity contribution in [3.63, 3.8) is 0 Å². The van der Waals surface area contributed by atoms with Crippen molar-refractivity contribution >= 4 is 74.4 Å². The van der Waals surface area contributed by atoms with Crippen molar-refractivity contribution in [1.29, 1.82) is 0 Å². The Labute approximate surface area is 183 Å². The Morgan fingerprint density at radius 1 is 0.966 bits per heavy atom. The molecule has 2 heterocycles. The zero-order valence-electron chi connectivity index (χ0n) is 15.2. The Balaban J connectivity index is 1.44. The molecule has 150 valence electrons. The molecule has 3 aromatic rings. The maximum Gasteiger partial charge on any atom is 0.250 e. The minimum atomic E-state index is -0.295. The average Bonchev–Trinajstić information content (AvgIpc) is 3.35. The summed E-state index contributed by atoms with van der Waals surface area (Å²) in [5, 5.41) is 22.0. The van der Waals surface area contributed by atoms with Gasteiger partial charge in [0.15, 0.2) is 8.68 Å². The average molecular weight is 465 g/mol. The number of nitrogens with zero attached hydrogens (tertiary/aromatic N) is 4. The van der Waals surface area contributed by atoms with Gasteiger partial charge in [-0.15, -0.1) is 20.4 Å². The van der Waals surface area contributed by atoms with Crippen molar-refractivity contribution in [2.45, 2.75) is 15.6 Å². The third kappa shape index (κ3) is 7.24. The highest BCUT2D eigenvalue weighted by Crippen LogP contribution is 2.27. The van der Waals surface area contributed by atoms with Gasteiger partial charge in [0.05, 0.1) is 5.75 Å². The molecule has 0 spiro atoms. The predicted molar refractivity (Wildman–Crippen MR) is 120 cm³/mol. The predicted octanol–water partition coefficient (Wildman–Crippen LogP) is 3.88. The topological polar surface area (TPSA) is 110 Å². The molecule has 0 saturated carbocycles. The summed E-state index contributed by atoms with van der Waals surface area (Å²) in [4.78, 5) is 24.0. The lowest BCUT2D eigenvalue weighted by Crippen LogP contribution is -2.13. The molecule has 2 aromatic heterocycles. The molecule has 8 nitrogen and oxygen atoms in total. The molecule has 0 atom stereocenters. The van der Waals surface area contributed by atoms with Crippen LogP contribution in [0.2, 0.25) is 0 Å². The molecular weight excluding hydrogens is 448 g/mol. The van der Waals surface area contributed by atoms with Gasteiger partial charge in [0.2, 0.25) is 22.1 Å². The van der Waals surface area contributed by atoms with Crippen molar-refractivity contribution in [2.24, 2.45) is 0 Å². The highest BCUT2D eigenvalue weighted by atomic mass is 32.2. The Kier molecular flexibility index (Phi) is 8.16. The molecule has 29 heavy (non-hydrogen) atoms. The Hall–Kier alpha value is -2.28. The Morgan fingerprint density at radius 3 is 2.31 bits per heavy atom. The van der Waals surface area contributed by atoms with Crippen molar-refractivity contribution < 1.29 is 9.59 Å². The third-order valence-electron chi connectivity index (χ3n) is 3.11. The second kappa shape index (κ2) is 11.0. The van der Waals surface area contributed by atoms with Crippen molar-refractivity contribution in [2.75, 3.05) is 22.1 Å². The number of hydrogen-bond acceptors (Lipinski definition) is 10. The van der Waals surface area contributed by atoms with Crippen LogP contribution >= 0.6 is 46.2 Å². The summed E-state index contributed by atoms with van der Waals surface area (Å²) in [7, 11) is 0. The van der Waals surface area contributed by atoms with Crippen LogP contribution in [0, 0.1) is 0 Å². The largest absolute Gasteiger partial charge is 0.300 e. The summed E-state index contributed by atoms with van der Waals surface area (Å²) in [5.41, 5.74) is 0.929. The lowest BCUT2D eigenvalue weighted by molar-refractivity contribution is -0.114. The van der Waals surface area contributed by atoms with Gasteiger partial charge in [-0.05, 0) is 17.4 Å². The molecule has 12 heteroatoms. The van der Waals surface area contributed by atoms with E-state index in [1.807, 2.05) is 37.3 Å². The zero-order valence-corrected chi connectivity index (χ0v) is 18.5. The lowest BCUT2D eigenvalue weighted by Gasteiger charge is -1.98. The molecule has 0 unspecified atom stereocenters. The second-order valence-corrected chi connectivity index (χ2v) is 9.94. The minimum Gasteiger partial charge on any atom is -0.300 e. The Morgan fingerprint density at radius 2 is 1.62 bits per heavy atom. The maximum atomic E-state index is 12.0. The van der Waals surface area contributed by atoms with Gasteiger partial charge in [0, 0.05) is 6.08 Å². The van der Waals surface area contributed by atoms with E-state index in [9.17, 15) is 9.59 Å². The van der Waals surface area contributed by atoms with Crippen LogP contribution in [-0.2, 0) is 9.59 Å². The van der Waals surface area contributed by atoms with Crippen molar-refractivity contribution in [3.05, 3.63) is 42.0 Å². The maximum absolute atomic E-state index is 12.0. The van der Waals surface area contributed by atoms with Gasteiger partial charge in [-0.1, -0.05) is 83.5 Å². The molecule has 0 aliphatic rings. The number of rotatable bonds is 9. The SMILES string of the molecule is CCSc1nnc(NC(=O)CSc2nnc(NC(=O)/C=C/c3ccccc3)s2)s1. The van der Waals surface area contributed by atoms with Crippen LogP contribution in [0.3, 0.4) is 0 Å². The number of carbonyl (C=O) groups excluding carboxylic acids is 2. The Bertz CT molecular complexity index is 989. The highest BCUT2D eigenvalue weighted by molar-refractivity contribution is 8.01. The van der Waals surface area contributed by atoms with Crippen molar-refractivity contribution in [3.8, 4) is 0 Å². The first-order chi connectivity index (χ1) is 14.1. The van der Waals surface area contributed by atoms with Crippen LogP contribution in [-0.4, -0.2) is 43.7 Å². The first-order valence-corrected chi connectivity index (χ1v) is 12.0. The highest BCUT2D eigenvalue weighted by Gasteiger charge is 2.12. The second-order valence-electron chi connectivity index (χ2n) is 5.25. The fourth-order valence-electron chi connectivity index (χ4n) is 1.93. The van der Waals surface area contributed by atoms with Crippen molar-refractivity contribution in [1.82, 2.24) is 20.4 Å². The molecule has 2 amide bonds. The fraction of sp³-hybridized carbons (Fsp3) is 0.176. The smallest absolute Gasteiger partial charge is 0.250 e. The van der Waals surface area contributed by atoms with Crippen LogP contribution in [0.25, 0.3) is 6.08 Å². The monoisotopic (exact) mass is 464 g/mol. The molecule has 0 aliphatic heterocycles. The summed E-state index contributed by atoms with van der Waals surface area (Å²) in [6, 6.07) is 9.51. The molecule has 3 rings (SSSR count).